The van der Waals surface area contributed by atoms with Gasteiger partial charge in [0, 0.05) is 43.4 Å². The van der Waals surface area contributed by atoms with E-state index in [1.807, 2.05) is 6.07 Å². The SMILES string of the molecule is CN1CCN(c2cccc(C3Cc4ccc5c(ccc6ccccc65)c4CC3(C)C)c2)CC1.O=C(O)c1ccc2ncccc2c1. The fourth-order valence-electron chi connectivity index (χ4n) is 7.45. The van der Waals surface area contributed by atoms with Crippen molar-refractivity contribution >= 4 is 44.1 Å². The number of aromatic carboxylic acids is 1. The predicted molar refractivity (Wildman–Crippen MR) is 190 cm³/mol. The fraction of sp³-hybridized carbons (Fsp3) is 0.268. The first-order chi connectivity index (χ1) is 22.3. The van der Waals surface area contributed by atoms with Crippen LogP contribution < -0.4 is 4.90 Å². The first kappa shape index (κ1) is 29.9. The summed E-state index contributed by atoms with van der Waals surface area (Å²) in [6.45, 7) is 9.49. The molecule has 1 unspecified atom stereocenters. The average molecular weight is 608 g/mol. The van der Waals surface area contributed by atoms with E-state index in [1.54, 1.807) is 36.0 Å². The molecule has 5 heteroatoms. The van der Waals surface area contributed by atoms with Gasteiger partial charge in [0.05, 0.1) is 11.1 Å². The van der Waals surface area contributed by atoms with Crippen LogP contribution in [0, 0.1) is 5.41 Å². The van der Waals surface area contributed by atoms with Gasteiger partial charge >= 0.3 is 5.97 Å². The number of nitrogens with zero attached hydrogens (tertiary/aromatic N) is 3. The molecule has 1 atom stereocenters. The summed E-state index contributed by atoms with van der Waals surface area (Å²) in [5.41, 5.74) is 7.32. The summed E-state index contributed by atoms with van der Waals surface area (Å²) in [4.78, 5) is 19.7. The Labute approximate surface area is 271 Å². The van der Waals surface area contributed by atoms with Crippen molar-refractivity contribution in [1.82, 2.24) is 9.88 Å². The Hall–Kier alpha value is -4.74. The summed E-state index contributed by atoms with van der Waals surface area (Å²) in [6, 6.07) is 36.2. The maximum atomic E-state index is 10.6. The molecule has 6 aromatic rings. The molecule has 232 valence electrons. The Morgan fingerprint density at radius 1 is 0.783 bits per heavy atom. The number of pyridine rings is 1. The van der Waals surface area contributed by atoms with E-state index in [9.17, 15) is 4.79 Å². The predicted octanol–water partition coefficient (Wildman–Crippen LogP) is 8.59. The van der Waals surface area contributed by atoms with Gasteiger partial charge in [-0.1, -0.05) is 80.6 Å². The van der Waals surface area contributed by atoms with Crippen LogP contribution in [-0.2, 0) is 12.8 Å². The highest BCUT2D eigenvalue weighted by molar-refractivity contribution is 6.08. The number of rotatable bonds is 3. The standard InChI is InChI=1S/C31H34N2.C10H7NO2/c1-31(2)21-29-23(12-14-27-26-10-5-4-7-22(26)11-13-28(27)29)20-30(31)24-8-6-9-25(19-24)33-17-15-32(3)16-18-33;12-10(13)8-3-4-9-7(6-8)2-1-5-11-9/h4-14,19,30H,15-18,20-21H2,1-3H3;1-6H,(H,12,13). The molecule has 5 aromatic carbocycles. The van der Waals surface area contributed by atoms with Crippen molar-refractivity contribution in [3.8, 4) is 0 Å². The lowest BCUT2D eigenvalue weighted by molar-refractivity contribution is 0.0697. The molecule has 1 saturated heterocycles. The Bertz CT molecular complexity index is 2060. The van der Waals surface area contributed by atoms with Gasteiger partial charge in [-0.25, -0.2) is 4.79 Å². The third-order valence-electron chi connectivity index (χ3n) is 10.1. The van der Waals surface area contributed by atoms with Crippen molar-refractivity contribution in [1.29, 1.82) is 0 Å². The molecule has 1 N–H and O–H groups in total. The smallest absolute Gasteiger partial charge is 0.335 e. The van der Waals surface area contributed by atoms with Crippen LogP contribution in [0.5, 0.6) is 0 Å². The minimum Gasteiger partial charge on any atom is -0.478 e. The number of carbonyl (C=O) groups is 1. The van der Waals surface area contributed by atoms with Crippen LogP contribution in [0.1, 0.15) is 46.8 Å². The van der Waals surface area contributed by atoms with Gasteiger partial charge in [0.15, 0.2) is 0 Å². The topological polar surface area (TPSA) is 56.7 Å². The van der Waals surface area contributed by atoms with Gasteiger partial charge in [0.1, 0.15) is 0 Å². The summed E-state index contributed by atoms with van der Waals surface area (Å²) in [5, 5.41) is 15.1. The molecule has 0 saturated carbocycles. The molecule has 0 bridgehead atoms. The monoisotopic (exact) mass is 607 g/mol. The number of benzene rings is 5. The number of carboxylic acid groups (broad SMARTS) is 1. The van der Waals surface area contributed by atoms with E-state index in [2.05, 4.69) is 108 Å². The second-order valence-electron chi connectivity index (χ2n) is 13.6. The largest absolute Gasteiger partial charge is 0.478 e. The lowest BCUT2D eigenvalue weighted by Gasteiger charge is -2.41. The van der Waals surface area contributed by atoms with Crippen molar-refractivity contribution in [3.05, 3.63) is 132 Å². The first-order valence-electron chi connectivity index (χ1n) is 16.3. The van der Waals surface area contributed by atoms with Crippen LogP contribution in [0.4, 0.5) is 5.69 Å². The van der Waals surface area contributed by atoms with E-state index in [1.165, 1.54) is 38.4 Å². The summed E-state index contributed by atoms with van der Waals surface area (Å²) >= 11 is 0. The number of hydrogen-bond acceptors (Lipinski definition) is 4. The van der Waals surface area contributed by atoms with Gasteiger partial charge < -0.3 is 14.9 Å². The molecule has 2 heterocycles. The zero-order valence-electron chi connectivity index (χ0n) is 26.9. The van der Waals surface area contributed by atoms with Crippen molar-refractivity contribution in [3.63, 3.8) is 0 Å². The molecule has 0 radical (unpaired) electrons. The van der Waals surface area contributed by atoms with E-state index in [4.69, 9.17) is 5.11 Å². The lowest BCUT2D eigenvalue weighted by Crippen LogP contribution is -2.44. The van der Waals surface area contributed by atoms with Crippen LogP contribution in [0.3, 0.4) is 0 Å². The van der Waals surface area contributed by atoms with Gasteiger partial charge in [-0.15, -0.1) is 0 Å². The Morgan fingerprint density at radius 3 is 2.39 bits per heavy atom. The van der Waals surface area contributed by atoms with E-state index >= 15 is 0 Å². The Balaban J connectivity index is 0.000000218. The van der Waals surface area contributed by atoms with E-state index in [0.29, 0.717) is 11.5 Å². The van der Waals surface area contributed by atoms with Crippen molar-refractivity contribution in [2.45, 2.75) is 32.6 Å². The number of carboxylic acids is 1. The third kappa shape index (κ3) is 5.83. The Kier molecular flexibility index (Phi) is 7.95. The van der Waals surface area contributed by atoms with Crippen molar-refractivity contribution in [2.24, 2.45) is 5.41 Å². The highest BCUT2D eigenvalue weighted by atomic mass is 16.4. The number of piperazine rings is 1. The lowest BCUT2D eigenvalue weighted by atomic mass is 9.63. The molecule has 1 aliphatic heterocycles. The quantitative estimate of drug-likeness (QED) is 0.204. The van der Waals surface area contributed by atoms with Gasteiger partial charge in [0.25, 0.3) is 0 Å². The van der Waals surface area contributed by atoms with Gasteiger partial charge in [-0.05, 0) is 106 Å². The van der Waals surface area contributed by atoms with Crippen LogP contribution in [-0.4, -0.2) is 54.2 Å². The molecule has 0 amide bonds. The number of fused-ring (bicyclic) bond motifs is 6. The molecule has 8 rings (SSSR count). The molecule has 46 heavy (non-hydrogen) atoms. The molecular formula is C41H41N3O2. The van der Waals surface area contributed by atoms with Crippen molar-refractivity contribution in [2.75, 3.05) is 38.1 Å². The summed E-state index contributed by atoms with van der Waals surface area (Å²) in [5.74, 6) is -0.374. The van der Waals surface area contributed by atoms with E-state index in [0.717, 1.165) is 49.9 Å². The number of hydrogen-bond donors (Lipinski definition) is 1. The Morgan fingerprint density at radius 2 is 1.57 bits per heavy atom. The maximum absolute atomic E-state index is 10.6. The van der Waals surface area contributed by atoms with Crippen LogP contribution in [0.2, 0.25) is 0 Å². The first-order valence-corrected chi connectivity index (χ1v) is 16.3. The van der Waals surface area contributed by atoms with Gasteiger partial charge in [0.2, 0.25) is 0 Å². The molecule has 1 aliphatic carbocycles. The van der Waals surface area contributed by atoms with Crippen LogP contribution >= 0.6 is 0 Å². The third-order valence-corrected chi connectivity index (χ3v) is 10.1. The number of aromatic nitrogens is 1. The minimum atomic E-state index is -0.911. The van der Waals surface area contributed by atoms with Crippen LogP contribution in [0.25, 0.3) is 32.4 Å². The minimum absolute atomic E-state index is 0.216. The average Bonchev–Trinajstić information content (AvgIpc) is 3.08. The maximum Gasteiger partial charge on any atom is 0.335 e. The van der Waals surface area contributed by atoms with Crippen molar-refractivity contribution < 1.29 is 9.90 Å². The van der Waals surface area contributed by atoms with E-state index < -0.39 is 5.97 Å². The molecule has 1 fully saturated rings. The second-order valence-corrected chi connectivity index (χ2v) is 13.6. The highest BCUT2D eigenvalue weighted by Crippen LogP contribution is 2.48. The van der Waals surface area contributed by atoms with Gasteiger partial charge in [-0.3, -0.25) is 4.98 Å². The summed E-state index contributed by atoms with van der Waals surface area (Å²) < 4.78 is 0. The molecule has 5 nitrogen and oxygen atoms in total. The zero-order valence-corrected chi connectivity index (χ0v) is 26.9. The number of anilines is 1. The summed E-state index contributed by atoms with van der Waals surface area (Å²) in [7, 11) is 2.22. The highest BCUT2D eigenvalue weighted by Gasteiger charge is 2.37. The second kappa shape index (κ2) is 12.2. The fourth-order valence-corrected chi connectivity index (χ4v) is 7.45. The zero-order chi connectivity index (χ0) is 31.8. The molecular weight excluding hydrogens is 566 g/mol. The van der Waals surface area contributed by atoms with E-state index in [-0.39, 0.29) is 5.41 Å². The summed E-state index contributed by atoms with van der Waals surface area (Å²) in [6.07, 6.45) is 3.93. The van der Waals surface area contributed by atoms with Gasteiger partial charge in [-0.2, -0.15) is 0 Å². The normalized spacial score (nSPS) is 17.8. The molecule has 0 spiro atoms. The number of likely N-dealkylation sites (N-methyl/N-ethyl adjacent to an activating group) is 1. The molecule has 2 aliphatic rings. The molecule has 1 aromatic heterocycles. The van der Waals surface area contributed by atoms with Crippen LogP contribution in [0.15, 0.2) is 109 Å².